The summed E-state index contributed by atoms with van der Waals surface area (Å²) in [5, 5.41) is 0. The van der Waals surface area contributed by atoms with E-state index in [-0.39, 0.29) is 0 Å². The number of hydrogen-bond acceptors (Lipinski definition) is 0. The molecule has 0 nitrogen and oxygen atoms in total. The van der Waals surface area contributed by atoms with E-state index in [2.05, 4.69) is 27.7 Å². The fourth-order valence-corrected chi connectivity index (χ4v) is 3.08. The Bertz CT molecular complexity index is 171. The lowest BCUT2D eigenvalue weighted by molar-refractivity contribution is 0.352. The van der Waals surface area contributed by atoms with E-state index >= 15 is 0 Å². The van der Waals surface area contributed by atoms with Gasteiger partial charge in [-0.15, -0.1) is 0 Å². The van der Waals surface area contributed by atoms with Crippen molar-refractivity contribution in [2.45, 2.75) is 118 Å². The van der Waals surface area contributed by atoms with Gasteiger partial charge < -0.3 is 0 Å². The quantitative estimate of drug-likeness (QED) is 0.269. The van der Waals surface area contributed by atoms with Gasteiger partial charge in [0, 0.05) is 0 Å². The fourth-order valence-electron chi connectivity index (χ4n) is 3.08. The molecule has 0 amide bonds. The molecule has 0 N–H and O–H groups in total. The lowest BCUT2D eigenvalue weighted by Crippen LogP contribution is -2.03. The van der Waals surface area contributed by atoms with Crippen LogP contribution in [-0.2, 0) is 0 Å². The summed E-state index contributed by atoms with van der Waals surface area (Å²) in [6.07, 6.45) is 20.4. The zero-order valence-corrected chi connectivity index (χ0v) is 15.1. The van der Waals surface area contributed by atoms with Crippen LogP contribution >= 0.6 is 0 Å². The van der Waals surface area contributed by atoms with Crippen LogP contribution in [0.5, 0.6) is 0 Å². The first-order valence-corrected chi connectivity index (χ1v) is 9.70. The van der Waals surface area contributed by atoms with E-state index in [0.29, 0.717) is 0 Å². The molecule has 0 heterocycles. The predicted molar refractivity (Wildman–Crippen MR) is 94.3 cm³/mol. The summed E-state index contributed by atoms with van der Waals surface area (Å²) in [7, 11) is 0. The molecule has 0 saturated carbocycles. The summed E-state index contributed by atoms with van der Waals surface area (Å²) in [5.74, 6) is 1.91. The topological polar surface area (TPSA) is 0 Å². The van der Waals surface area contributed by atoms with Crippen molar-refractivity contribution in [3.8, 4) is 0 Å². The maximum Gasteiger partial charge on any atom is -0.0414 e. The second-order valence-corrected chi connectivity index (χ2v) is 7.24. The van der Waals surface area contributed by atoms with E-state index in [9.17, 15) is 0 Å². The van der Waals surface area contributed by atoms with Crippen LogP contribution in [0.2, 0.25) is 0 Å². The smallest absolute Gasteiger partial charge is 0.0414 e. The molecule has 0 aromatic carbocycles. The van der Waals surface area contributed by atoms with Crippen molar-refractivity contribution in [1.29, 1.82) is 0 Å². The Balaban J connectivity index is 3.68. The maximum atomic E-state index is 2.37. The van der Waals surface area contributed by atoms with E-state index in [4.69, 9.17) is 0 Å². The van der Waals surface area contributed by atoms with Crippen LogP contribution in [-0.4, -0.2) is 0 Å². The van der Waals surface area contributed by atoms with Crippen molar-refractivity contribution < 1.29 is 0 Å². The zero-order chi connectivity index (χ0) is 15.1. The standard InChI is InChI=1S/C20H42/c1-5-7-9-11-12-14-16-20(18-17-19(3)4)15-13-10-8-6-2/h19-20H,5-18H2,1-4H3. The van der Waals surface area contributed by atoms with Gasteiger partial charge in [-0.25, -0.2) is 0 Å². The summed E-state index contributed by atoms with van der Waals surface area (Å²) in [5.41, 5.74) is 0. The van der Waals surface area contributed by atoms with Gasteiger partial charge in [-0.2, -0.15) is 0 Å². The molecule has 0 rings (SSSR count). The Morgan fingerprint density at radius 2 is 0.950 bits per heavy atom. The molecule has 0 aliphatic heterocycles. The summed E-state index contributed by atoms with van der Waals surface area (Å²) in [6, 6.07) is 0. The summed E-state index contributed by atoms with van der Waals surface area (Å²) < 4.78 is 0. The molecule has 122 valence electrons. The molecule has 0 aromatic rings. The molecular formula is C20H42. The molecule has 0 fully saturated rings. The molecule has 1 atom stereocenters. The van der Waals surface area contributed by atoms with Gasteiger partial charge in [0.15, 0.2) is 0 Å². The van der Waals surface area contributed by atoms with E-state index in [1.807, 2.05) is 0 Å². The van der Waals surface area contributed by atoms with Crippen LogP contribution in [0.4, 0.5) is 0 Å². The second kappa shape index (κ2) is 15.4. The zero-order valence-electron chi connectivity index (χ0n) is 15.1. The van der Waals surface area contributed by atoms with Crippen molar-refractivity contribution in [2.75, 3.05) is 0 Å². The molecule has 0 bridgehead atoms. The molecule has 0 heteroatoms. The second-order valence-electron chi connectivity index (χ2n) is 7.24. The Hall–Kier alpha value is 0. The highest BCUT2D eigenvalue weighted by Crippen LogP contribution is 2.24. The summed E-state index contributed by atoms with van der Waals surface area (Å²) in [6.45, 7) is 9.36. The normalized spacial score (nSPS) is 13.1. The highest BCUT2D eigenvalue weighted by molar-refractivity contribution is 4.62. The fraction of sp³-hybridized carbons (Fsp3) is 1.00. The van der Waals surface area contributed by atoms with Gasteiger partial charge in [0.1, 0.15) is 0 Å². The van der Waals surface area contributed by atoms with Crippen molar-refractivity contribution in [2.24, 2.45) is 11.8 Å². The third-order valence-electron chi connectivity index (χ3n) is 4.58. The first-order chi connectivity index (χ1) is 9.70. The Labute approximate surface area is 130 Å². The SMILES string of the molecule is CCCCCCCCC(CCCCCC)CCC(C)C. The van der Waals surface area contributed by atoms with Crippen LogP contribution in [0.15, 0.2) is 0 Å². The molecule has 0 spiro atoms. The number of unbranched alkanes of at least 4 members (excludes halogenated alkanes) is 8. The van der Waals surface area contributed by atoms with E-state index in [1.165, 1.54) is 89.9 Å². The minimum Gasteiger partial charge on any atom is -0.0654 e. The van der Waals surface area contributed by atoms with Gasteiger partial charge in [0.2, 0.25) is 0 Å². The van der Waals surface area contributed by atoms with Gasteiger partial charge in [0.25, 0.3) is 0 Å². The van der Waals surface area contributed by atoms with Crippen LogP contribution in [0, 0.1) is 11.8 Å². The van der Waals surface area contributed by atoms with E-state index in [1.54, 1.807) is 0 Å². The molecule has 1 unspecified atom stereocenters. The van der Waals surface area contributed by atoms with Crippen molar-refractivity contribution in [3.63, 3.8) is 0 Å². The highest BCUT2D eigenvalue weighted by atomic mass is 14.2. The van der Waals surface area contributed by atoms with Crippen molar-refractivity contribution in [3.05, 3.63) is 0 Å². The lowest BCUT2D eigenvalue weighted by Gasteiger charge is -2.18. The van der Waals surface area contributed by atoms with Crippen LogP contribution in [0.3, 0.4) is 0 Å². The molecule has 0 aromatic heterocycles. The third-order valence-corrected chi connectivity index (χ3v) is 4.58. The molecule has 0 aliphatic rings. The van der Waals surface area contributed by atoms with E-state index in [0.717, 1.165) is 11.8 Å². The van der Waals surface area contributed by atoms with E-state index < -0.39 is 0 Å². The molecule has 0 saturated heterocycles. The maximum absolute atomic E-state index is 2.37. The average molecular weight is 283 g/mol. The Morgan fingerprint density at radius 3 is 1.45 bits per heavy atom. The van der Waals surface area contributed by atoms with Gasteiger partial charge in [-0.3, -0.25) is 0 Å². The predicted octanol–water partition coefficient (Wildman–Crippen LogP) is 7.76. The minimum absolute atomic E-state index is 0.887. The first-order valence-electron chi connectivity index (χ1n) is 9.70. The average Bonchev–Trinajstić information content (AvgIpc) is 2.43. The monoisotopic (exact) mass is 282 g/mol. The first kappa shape index (κ1) is 20.0. The number of rotatable bonds is 15. The molecule has 20 heavy (non-hydrogen) atoms. The minimum atomic E-state index is 0.887. The molecule has 0 radical (unpaired) electrons. The third kappa shape index (κ3) is 14.4. The van der Waals surface area contributed by atoms with Gasteiger partial charge in [-0.05, 0) is 11.8 Å². The van der Waals surface area contributed by atoms with Crippen LogP contribution < -0.4 is 0 Å². The Morgan fingerprint density at radius 1 is 0.500 bits per heavy atom. The van der Waals surface area contributed by atoms with Gasteiger partial charge in [0.05, 0.1) is 0 Å². The largest absolute Gasteiger partial charge is 0.0654 e. The van der Waals surface area contributed by atoms with Crippen LogP contribution in [0.1, 0.15) is 118 Å². The molecule has 0 aliphatic carbocycles. The van der Waals surface area contributed by atoms with Crippen LogP contribution in [0.25, 0.3) is 0 Å². The van der Waals surface area contributed by atoms with Crippen molar-refractivity contribution in [1.82, 2.24) is 0 Å². The number of hydrogen-bond donors (Lipinski definition) is 0. The van der Waals surface area contributed by atoms with Crippen molar-refractivity contribution >= 4 is 0 Å². The summed E-state index contributed by atoms with van der Waals surface area (Å²) in [4.78, 5) is 0. The van der Waals surface area contributed by atoms with Gasteiger partial charge in [-0.1, -0.05) is 118 Å². The summed E-state index contributed by atoms with van der Waals surface area (Å²) >= 11 is 0. The lowest BCUT2D eigenvalue weighted by atomic mass is 9.88. The Kier molecular flexibility index (Phi) is 15.4. The van der Waals surface area contributed by atoms with Gasteiger partial charge >= 0.3 is 0 Å². The molecular weight excluding hydrogens is 240 g/mol. The highest BCUT2D eigenvalue weighted by Gasteiger charge is 2.09.